The van der Waals surface area contributed by atoms with Gasteiger partial charge in [-0.15, -0.1) is 0 Å². The number of benzene rings is 3. The van der Waals surface area contributed by atoms with Gasteiger partial charge in [0.05, 0.1) is 11.7 Å². The first-order chi connectivity index (χ1) is 15.8. The summed E-state index contributed by atoms with van der Waals surface area (Å²) in [6.07, 6.45) is 0.557. The topological polar surface area (TPSA) is 163 Å². The number of nitrogens with zero attached hydrogens (tertiary/aromatic N) is 1. The number of nitrogens with two attached hydrogens (primary N) is 4. The predicted octanol–water partition coefficient (Wildman–Crippen LogP) is 1.34. The highest BCUT2D eigenvalue weighted by Gasteiger charge is 2.22. The number of guanidine groups is 1. The molecule has 0 aliphatic heterocycles. The van der Waals surface area contributed by atoms with E-state index in [1.54, 1.807) is 24.3 Å². The molecule has 8 nitrogen and oxygen atoms in total. The van der Waals surface area contributed by atoms with Crippen molar-refractivity contribution in [3.63, 3.8) is 0 Å². The largest absolute Gasteiger partial charge is 0.370 e. The molecule has 0 aromatic heterocycles. The van der Waals surface area contributed by atoms with Crippen molar-refractivity contribution in [2.45, 2.75) is 24.9 Å². The highest BCUT2D eigenvalue weighted by atomic mass is 16.2. The van der Waals surface area contributed by atoms with Crippen molar-refractivity contribution >= 4 is 23.5 Å². The van der Waals surface area contributed by atoms with Crippen LogP contribution in [0.1, 0.15) is 11.1 Å². The van der Waals surface area contributed by atoms with Crippen LogP contribution in [0.15, 0.2) is 83.9 Å². The van der Waals surface area contributed by atoms with E-state index in [0.29, 0.717) is 5.69 Å². The molecule has 0 aliphatic rings. The molecule has 8 heteroatoms. The SMILES string of the molecule is NC(=O)[C@H](Cc1ccc(-c2ccccc2)cc1)NC(=O)[C@@H](N)Cc1ccc(N=C(N)N)cc1. The van der Waals surface area contributed by atoms with Crippen LogP contribution in [0.25, 0.3) is 11.1 Å². The number of carbonyl (C=O) groups is 2. The van der Waals surface area contributed by atoms with Crippen molar-refractivity contribution in [1.29, 1.82) is 0 Å². The zero-order valence-electron chi connectivity index (χ0n) is 18.1. The summed E-state index contributed by atoms with van der Waals surface area (Å²) < 4.78 is 0. The molecule has 0 radical (unpaired) electrons. The molecular formula is C25H28N6O2. The quantitative estimate of drug-likeness (QED) is 0.248. The van der Waals surface area contributed by atoms with E-state index in [0.717, 1.165) is 22.3 Å². The molecule has 0 bridgehead atoms. The van der Waals surface area contributed by atoms with Gasteiger partial charge in [-0.1, -0.05) is 66.7 Å². The van der Waals surface area contributed by atoms with Gasteiger partial charge in [-0.05, 0) is 40.8 Å². The van der Waals surface area contributed by atoms with Gasteiger partial charge in [0.15, 0.2) is 5.96 Å². The van der Waals surface area contributed by atoms with Gasteiger partial charge in [-0.2, -0.15) is 0 Å². The molecule has 9 N–H and O–H groups in total. The summed E-state index contributed by atoms with van der Waals surface area (Å²) in [6, 6.07) is 23.1. The van der Waals surface area contributed by atoms with Crippen molar-refractivity contribution in [2.75, 3.05) is 0 Å². The Morgan fingerprint density at radius 3 is 1.88 bits per heavy atom. The van der Waals surface area contributed by atoms with Gasteiger partial charge in [0, 0.05) is 6.42 Å². The predicted molar refractivity (Wildman–Crippen MR) is 130 cm³/mol. The van der Waals surface area contributed by atoms with Crippen molar-refractivity contribution in [3.8, 4) is 11.1 Å². The number of carbonyl (C=O) groups excluding carboxylic acids is 2. The molecule has 0 saturated carbocycles. The Morgan fingerprint density at radius 2 is 1.30 bits per heavy atom. The van der Waals surface area contributed by atoms with Crippen LogP contribution in [0.2, 0.25) is 0 Å². The molecule has 0 aliphatic carbocycles. The lowest BCUT2D eigenvalue weighted by molar-refractivity contribution is -0.128. The van der Waals surface area contributed by atoms with Gasteiger partial charge >= 0.3 is 0 Å². The van der Waals surface area contributed by atoms with E-state index < -0.39 is 23.9 Å². The average molecular weight is 445 g/mol. The maximum absolute atomic E-state index is 12.6. The van der Waals surface area contributed by atoms with E-state index in [4.69, 9.17) is 22.9 Å². The lowest BCUT2D eigenvalue weighted by atomic mass is 10.00. The van der Waals surface area contributed by atoms with Crippen LogP contribution in [0.4, 0.5) is 5.69 Å². The van der Waals surface area contributed by atoms with Crippen molar-refractivity contribution in [1.82, 2.24) is 5.32 Å². The molecule has 0 fully saturated rings. The number of rotatable bonds is 9. The minimum atomic E-state index is -0.865. The van der Waals surface area contributed by atoms with Crippen molar-refractivity contribution in [3.05, 3.63) is 90.0 Å². The Hall–Kier alpha value is -4.17. The third-order valence-electron chi connectivity index (χ3n) is 5.15. The first-order valence-electron chi connectivity index (χ1n) is 10.5. The van der Waals surface area contributed by atoms with Gasteiger partial charge < -0.3 is 28.3 Å². The maximum atomic E-state index is 12.6. The minimum absolute atomic E-state index is 0.0361. The fourth-order valence-corrected chi connectivity index (χ4v) is 3.40. The van der Waals surface area contributed by atoms with Crippen LogP contribution in [0.3, 0.4) is 0 Å². The number of hydrogen-bond donors (Lipinski definition) is 5. The monoisotopic (exact) mass is 444 g/mol. The van der Waals surface area contributed by atoms with E-state index in [-0.39, 0.29) is 18.8 Å². The number of primary amides is 1. The molecule has 0 unspecified atom stereocenters. The molecule has 0 heterocycles. The van der Waals surface area contributed by atoms with Crippen LogP contribution < -0.4 is 28.3 Å². The zero-order chi connectivity index (χ0) is 23.8. The zero-order valence-corrected chi connectivity index (χ0v) is 18.1. The summed E-state index contributed by atoms with van der Waals surface area (Å²) in [5.74, 6) is -1.11. The lowest BCUT2D eigenvalue weighted by Gasteiger charge is -2.19. The van der Waals surface area contributed by atoms with Crippen LogP contribution >= 0.6 is 0 Å². The first kappa shape index (κ1) is 23.5. The summed E-state index contributed by atoms with van der Waals surface area (Å²) in [4.78, 5) is 28.5. The molecule has 0 saturated heterocycles. The number of nitrogens with one attached hydrogen (secondary N) is 1. The molecule has 33 heavy (non-hydrogen) atoms. The van der Waals surface area contributed by atoms with Crippen molar-refractivity contribution in [2.24, 2.45) is 27.9 Å². The minimum Gasteiger partial charge on any atom is -0.370 e. The maximum Gasteiger partial charge on any atom is 0.240 e. The van der Waals surface area contributed by atoms with Crippen LogP contribution in [0, 0.1) is 0 Å². The Kier molecular flexibility index (Phi) is 7.77. The molecule has 2 atom stereocenters. The van der Waals surface area contributed by atoms with E-state index >= 15 is 0 Å². The normalized spacial score (nSPS) is 12.4. The van der Waals surface area contributed by atoms with Gasteiger partial charge in [0.25, 0.3) is 0 Å². The van der Waals surface area contributed by atoms with Gasteiger partial charge in [0.1, 0.15) is 6.04 Å². The molecular weight excluding hydrogens is 416 g/mol. The summed E-state index contributed by atoms with van der Waals surface area (Å²) in [5, 5.41) is 2.68. The second kappa shape index (κ2) is 10.9. The second-order valence-electron chi connectivity index (χ2n) is 7.74. The Labute approximate surface area is 192 Å². The third-order valence-corrected chi connectivity index (χ3v) is 5.15. The van der Waals surface area contributed by atoms with Gasteiger partial charge in [0.2, 0.25) is 11.8 Å². The van der Waals surface area contributed by atoms with E-state index in [2.05, 4.69) is 10.3 Å². The molecule has 3 aromatic rings. The summed E-state index contributed by atoms with van der Waals surface area (Å²) in [7, 11) is 0. The fourth-order valence-electron chi connectivity index (χ4n) is 3.40. The van der Waals surface area contributed by atoms with E-state index in [1.807, 2.05) is 54.6 Å². The standard InChI is InChI=1S/C25H28N6O2/c26-21(14-16-8-12-20(13-9-16)30-25(28)29)24(33)31-22(23(27)32)15-17-6-10-19(11-7-17)18-4-2-1-3-5-18/h1-13,21-22H,14-15,26H2,(H2,27,32)(H,31,33)(H4,28,29,30)/t21-,22-/m0/s1. The van der Waals surface area contributed by atoms with Crippen LogP contribution in [-0.4, -0.2) is 29.9 Å². The summed E-state index contributed by atoms with van der Waals surface area (Å²) >= 11 is 0. The number of amides is 2. The molecule has 170 valence electrons. The molecule has 2 amide bonds. The van der Waals surface area contributed by atoms with Crippen LogP contribution in [-0.2, 0) is 22.4 Å². The Bertz CT molecular complexity index is 1110. The van der Waals surface area contributed by atoms with Gasteiger partial charge in [-0.3, -0.25) is 9.59 Å². The Balaban J connectivity index is 1.60. The van der Waals surface area contributed by atoms with Gasteiger partial charge in [-0.25, -0.2) is 4.99 Å². The number of aliphatic imine (C=N–C) groups is 1. The van der Waals surface area contributed by atoms with Crippen LogP contribution in [0.5, 0.6) is 0 Å². The highest BCUT2D eigenvalue weighted by molar-refractivity contribution is 5.89. The fraction of sp³-hybridized carbons (Fsp3) is 0.160. The van der Waals surface area contributed by atoms with Crippen molar-refractivity contribution < 1.29 is 9.59 Å². The van der Waals surface area contributed by atoms with E-state index in [1.165, 1.54) is 0 Å². The summed E-state index contributed by atoms with van der Waals surface area (Å²) in [6.45, 7) is 0. The molecule has 3 aromatic carbocycles. The van der Waals surface area contributed by atoms with E-state index in [9.17, 15) is 9.59 Å². The molecule has 3 rings (SSSR count). The smallest absolute Gasteiger partial charge is 0.240 e. The highest BCUT2D eigenvalue weighted by Crippen LogP contribution is 2.20. The molecule has 0 spiro atoms. The lowest BCUT2D eigenvalue weighted by Crippen LogP contribution is -2.51. The second-order valence-corrected chi connectivity index (χ2v) is 7.74. The Morgan fingerprint density at radius 1 is 0.758 bits per heavy atom. The first-order valence-corrected chi connectivity index (χ1v) is 10.5. The summed E-state index contributed by atoms with van der Waals surface area (Å²) in [5.41, 5.74) is 26.8. The third kappa shape index (κ3) is 6.91. The number of hydrogen-bond acceptors (Lipinski definition) is 4. The average Bonchev–Trinajstić information content (AvgIpc) is 2.80.